The van der Waals surface area contributed by atoms with Gasteiger partial charge in [-0.15, -0.1) is 0 Å². The van der Waals surface area contributed by atoms with Gasteiger partial charge >= 0.3 is 0 Å². The van der Waals surface area contributed by atoms with E-state index in [4.69, 9.17) is 11.6 Å². The lowest BCUT2D eigenvalue weighted by atomic mass is 10.1. The molecule has 0 radical (unpaired) electrons. The van der Waals surface area contributed by atoms with E-state index in [0.717, 1.165) is 16.8 Å². The van der Waals surface area contributed by atoms with Crippen molar-refractivity contribution in [2.24, 2.45) is 0 Å². The third kappa shape index (κ3) is 3.20. The maximum atomic E-state index is 13.3. The zero-order chi connectivity index (χ0) is 14.7. The molecule has 106 valence electrons. The van der Waals surface area contributed by atoms with E-state index in [-0.39, 0.29) is 5.82 Å². The first kappa shape index (κ1) is 13.6. The lowest BCUT2D eigenvalue weighted by Gasteiger charge is -2.07. The van der Waals surface area contributed by atoms with Crippen molar-refractivity contribution in [2.45, 2.75) is 6.54 Å². The molecule has 0 atom stereocenters. The molecule has 2 heterocycles. The van der Waals surface area contributed by atoms with Crippen LogP contribution in [0.3, 0.4) is 0 Å². The number of anilines is 1. The van der Waals surface area contributed by atoms with Crippen LogP contribution in [0.2, 0.25) is 5.02 Å². The minimum Gasteiger partial charge on any atom is -0.381 e. The standard InChI is InChI=1S/C15H12ClFN4/c16-12-4-13(17)6-14(5-12)19-8-11-9-20-21-15(11)10-2-1-3-18-7-10/h1-7,9,19H,8H2,(H,20,21). The molecule has 2 N–H and O–H groups in total. The first-order valence-electron chi connectivity index (χ1n) is 6.35. The Morgan fingerprint density at radius 2 is 2.14 bits per heavy atom. The predicted octanol–water partition coefficient (Wildman–Crippen LogP) is 3.88. The van der Waals surface area contributed by atoms with Gasteiger partial charge in [-0.05, 0) is 30.3 Å². The second-order valence-corrected chi connectivity index (χ2v) is 4.96. The molecule has 21 heavy (non-hydrogen) atoms. The third-order valence-electron chi connectivity index (χ3n) is 3.01. The Bertz CT molecular complexity index is 722. The summed E-state index contributed by atoms with van der Waals surface area (Å²) in [5.74, 6) is -0.371. The SMILES string of the molecule is Fc1cc(Cl)cc(NCc2cn[nH]c2-c2cccnc2)c1. The van der Waals surface area contributed by atoms with E-state index < -0.39 is 0 Å². The topological polar surface area (TPSA) is 53.6 Å². The fourth-order valence-electron chi connectivity index (χ4n) is 2.06. The zero-order valence-electron chi connectivity index (χ0n) is 11.0. The van der Waals surface area contributed by atoms with Crippen molar-refractivity contribution in [3.63, 3.8) is 0 Å². The molecule has 0 bridgehead atoms. The molecule has 0 spiro atoms. The second-order valence-electron chi connectivity index (χ2n) is 4.52. The second kappa shape index (κ2) is 5.93. The highest BCUT2D eigenvalue weighted by Crippen LogP contribution is 2.22. The van der Waals surface area contributed by atoms with Crippen LogP contribution in [0.25, 0.3) is 11.3 Å². The van der Waals surface area contributed by atoms with Crippen molar-refractivity contribution in [3.8, 4) is 11.3 Å². The van der Waals surface area contributed by atoms with Crippen LogP contribution in [0.15, 0.2) is 48.9 Å². The van der Waals surface area contributed by atoms with Gasteiger partial charge in [-0.2, -0.15) is 5.10 Å². The zero-order valence-corrected chi connectivity index (χ0v) is 11.7. The number of pyridine rings is 1. The fraction of sp³-hybridized carbons (Fsp3) is 0.0667. The number of nitrogens with zero attached hydrogens (tertiary/aromatic N) is 2. The molecule has 3 rings (SSSR count). The molecule has 6 heteroatoms. The van der Waals surface area contributed by atoms with E-state index in [1.807, 2.05) is 12.1 Å². The van der Waals surface area contributed by atoms with Gasteiger partial charge in [0.25, 0.3) is 0 Å². The van der Waals surface area contributed by atoms with Crippen molar-refractivity contribution >= 4 is 17.3 Å². The average Bonchev–Trinajstić information content (AvgIpc) is 2.93. The van der Waals surface area contributed by atoms with Gasteiger partial charge in [-0.1, -0.05) is 11.6 Å². The summed E-state index contributed by atoms with van der Waals surface area (Å²) in [6.07, 6.45) is 5.21. The normalized spacial score (nSPS) is 10.6. The van der Waals surface area contributed by atoms with Crippen LogP contribution >= 0.6 is 11.6 Å². The molecular formula is C15H12ClFN4. The van der Waals surface area contributed by atoms with E-state index in [1.54, 1.807) is 24.7 Å². The van der Waals surface area contributed by atoms with Crippen LogP contribution in [-0.2, 0) is 6.54 Å². The minimum absolute atomic E-state index is 0.358. The van der Waals surface area contributed by atoms with Gasteiger partial charge in [-0.25, -0.2) is 4.39 Å². The van der Waals surface area contributed by atoms with Crippen molar-refractivity contribution in [3.05, 3.63) is 65.3 Å². The third-order valence-corrected chi connectivity index (χ3v) is 3.23. The summed E-state index contributed by atoms with van der Waals surface area (Å²) in [4.78, 5) is 4.09. The molecule has 3 aromatic rings. The number of benzene rings is 1. The lowest BCUT2D eigenvalue weighted by molar-refractivity contribution is 0.628. The Labute approximate surface area is 126 Å². The summed E-state index contributed by atoms with van der Waals surface area (Å²) in [6, 6.07) is 8.15. The summed E-state index contributed by atoms with van der Waals surface area (Å²) in [5, 5.41) is 10.5. The van der Waals surface area contributed by atoms with Gasteiger partial charge in [0, 0.05) is 40.8 Å². The number of nitrogens with one attached hydrogen (secondary N) is 2. The molecule has 1 aromatic carbocycles. The molecule has 0 aliphatic carbocycles. The van der Waals surface area contributed by atoms with Gasteiger partial charge < -0.3 is 5.32 Å². The van der Waals surface area contributed by atoms with Gasteiger partial charge in [-0.3, -0.25) is 10.1 Å². The number of aromatic amines is 1. The minimum atomic E-state index is -0.371. The van der Waals surface area contributed by atoms with Crippen molar-refractivity contribution in [1.82, 2.24) is 15.2 Å². The van der Waals surface area contributed by atoms with Crippen LogP contribution in [0.1, 0.15) is 5.56 Å². The number of halogens is 2. The fourth-order valence-corrected chi connectivity index (χ4v) is 2.28. The number of aromatic nitrogens is 3. The van der Waals surface area contributed by atoms with Gasteiger partial charge in [0.2, 0.25) is 0 Å². The summed E-state index contributed by atoms with van der Waals surface area (Å²) >= 11 is 5.83. The van der Waals surface area contributed by atoms with Crippen LogP contribution in [0.5, 0.6) is 0 Å². The maximum Gasteiger partial charge on any atom is 0.126 e. The van der Waals surface area contributed by atoms with Crippen LogP contribution in [-0.4, -0.2) is 15.2 Å². The Morgan fingerprint density at radius 3 is 2.90 bits per heavy atom. The summed E-state index contributed by atoms with van der Waals surface area (Å²) < 4.78 is 13.3. The first-order valence-corrected chi connectivity index (χ1v) is 6.73. The van der Waals surface area contributed by atoms with Crippen LogP contribution in [0.4, 0.5) is 10.1 Å². The van der Waals surface area contributed by atoms with Crippen LogP contribution in [0, 0.1) is 5.82 Å². The predicted molar refractivity (Wildman–Crippen MR) is 80.6 cm³/mol. The number of H-pyrrole nitrogens is 1. The molecular weight excluding hydrogens is 291 g/mol. The molecule has 0 saturated carbocycles. The molecule has 0 aliphatic heterocycles. The van der Waals surface area contributed by atoms with Gasteiger partial charge in [0.1, 0.15) is 5.82 Å². The Hall–Kier alpha value is -2.40. The molecule has 0 fully saturated rings. The largest absolute Gasteiger partial charge is 0.381 e. The van der Waals surface area contributed by atoms with E-state index in [1.165, 1.54) is 12.1 Å². The summed E-state index contributed by atoms with van der Waals surface area (Å²) in [6.45, 7) is 0.501. The molecule has 0 amide bonds. The molecule has 0 aliphatic rings. The monoisotopic (exact) mass is 302 g/mol. The van der Waals surface area contributed by atoms with Crippen molar-refractivity contribution in [1.29, 1.82) is 0 Å². The maximum absolute atomic E-state index is 13.3. The van der Waals surface area contributed by atoms with E-state index in [9.17, 15) is 4.39 Å². The van der Waals surface area contributed by atoms with E-state index >= 15 is 0 Å². The summed E-state index contributed by atoms with van der Waals surface area (Å²) in [7, 11) is 0. The highest BCUT2D eigenvalue weighted by Gasteiger charge is 2.08. The highest BCUT2D eigenvalue weighted by molar-refractivity contribution is 6.30. The Balaban J connectivity index is 1.79. The Morgan fingerprint density at radius 1 is 1.24 bits per heavy atom. The Kier molecular flexibility index (Phi) is 3.83. The molecule has 2 aromatic heterocycles. The summed E-state index contributed by atoms with van der Waals surface area (Å²) in [5.41, 5.74) is 3.42. The van der Waals surface area contributed by atoms with Gasteiger partial charge in [0.05, 0.1) is 11.9 Å². The quantitative estimate of drug-likeness (QED) is 0.769. The van der Waals surface area contributed by atoms with E-state index in [0.29, 0.717) is 17.3 Å². The van der Waals surface area contributed by atoms with Gasteiger partial charge in [0.15, 0.2) is 0 Å². The lowest BCUT2D eigenvalue weighted by Crippen LogP contribution is -2.00. The first-order chi connectivity index (χ1) is 10.2. The molecule has 0 unspecified atom stereocenters. The van der Waals surface area contributed by atoms with Crippen LogP contribution < -0.4 is 5.32 Å². The van der Waals surface area contributed by atoms with Crippen molar-refractivity contribution in [2.75, 3.05) is 5.32 Å². The highest BCUT2D eigenvalue weighted by atomic mass is 35.5. The number of hydrogen-bond donors (Lipinski definition) is 2. The molecule has 4 nitrogen and oxygen atoms in total. The number of hydrogen-bond acceptors (Lipinski definition) is 3. The van der Waals surface area contributed by atoms with E-state index in [2.05, 4.69) is 20.5 Å². The number of rotatable bonds is 4. The van der Waals surface area contributed by atoms with Crippen molar-refractivity contribution < 1.29 is 4.39 Å². The molecule has 0 saturated heterocycles. The average molecular weight is 303 g/mol. The smallest absolute Gasteiger partial charge is 0.126 e.